The number of amides is 1. The molecule has 1 fully saturated rings. The number of nitrogens with zero attached hydrogens (tertiary/aromatic N) is 3. The number of hydrogen-bond donors (Lipinski definition) is 3. The fourth-order valence-electron chi connectivity index (χ4n) is 4.14. The number of aliphatic hydroxyl groups is 1. The number of carbonyl (C=O) groups is 1. The predicted octanol–water partition coefficient (Wildman–Crippen LogP) is 2.27. The summed E-state index contributed by atoms with van der Waals surface area (Å²) in [5, 5.41) is 12.5. The van der Waals surface area contributed by atoms with Gasteiger partial charge in [-0.1, -0.05) is 17.7 Å². The molecule has 3 heterocycles. The number of hydrogen-bond acceptors (Lipinski definition) is 7. The molecule has 170 valence electrons. The van der Waals surface area contributed by atoms with Crippen molar-refractivity contribution in [1.82, 2.24) is 19.8 Å². The Balaban J connectivity index is 1.54. The van der Waals surface area contributed by atoms with Crippen molar-refractivity contribution in [1.29, 1.82) is 0 Å². The number of piperazine rings is 1. The molecule has 1 amide bonds. The minimum absolute atomic E-state index is 0.169. The molecular formula is C23H29N5O3S. The third kappa shape index (κ3) is 4.75. The van der Waals surface area contributed by atoms with Crippen molar-refractivity contribution < 1.29 is 9.90 Å². The SMILES string of the molecule is Cc1ccc(NC(=O)c2sc3nc(CN4CCN(CCO)CC4)[nH]c(=O)c3c2C)c(C)c1. The first-order chi connectivity index (χ1) is 15.4. The van der Waals surface area contributed by atoms with Crippen molar-refractivity contribution in [2.75, 3.05) is 44.6 Å². The molecule has 9 heteroatoms. The molecule has 3 N–H and O–H groups in total. The Kier molecular flexibility index (Phi) is 6.71. The third-order valence-electron chi connectivity index (χ3n) is 5.94. The minimum atomic E-state index is -0.224. The lowest BCUT2D eigenvalue weighted by atomic mass is 10.1. The Morgan fingerprint density at radius 3 is 2.59 bits per heavy atom. The van der Waals surface area contributed by atoms with Crippen LogP contribution in [0.5, 0.6) is 0 Å². The lowest BCUT2D eigenvalue weighted by Crippen LogP contribution is -2.46. The van der Waals surface area contributed by atoms with Crippen LogP contribution in [0.4, 0.5) is 5.69 Å². The smallest absolute Gasteiger partial charge is 0.266 e. The highest BCUT2D eigenvalue weighted by Gasteiger charge is 2.22. The van der Waals surface area contributed by atoms with E-state index in [1.54, 1.807) is 6.92 Å². The van der Waals surface area contributed by atoms with E-state index in [1.165, 1.54) is 11.3 Å². The van der Waals surface area contributed by atoms with Gasteiger partial charge in [0.15, 0.2) is 0 Å². The van der Waals surface area contributed by atoms with Gasteiger partial charge in [-0.15, -0.1) is 11.3 Å². The number of thiophene rings is 1. The van der Waals surface area contributed by atoms with Crippen LogP contribution in [0.25, 0.3) is 10.2 Å². The van der Waals surface area contributed by atoms with E-state index in [0.29, 0.717) is 39.6 Å². The van der Waals surface area contributed by atoms with E-state index in [9.17, 15) is 9.59 Å². The summed E-state index contributed by atoms with van der Waals surface area (Å²) >= 11 is 1.26. The fraction of sp³-hybridized carbons (Fsp3) is 0.435. The van der Waals surface area contributed by atoms with E-state index >= 15 is 0 Å². The van der Waals surface area contributed by atoms with E-state index in [-0.39, 0.29) is 18.1 Å². The largest absolute Gasteiger partial charge is 0.395 e. The number of aryl methyl sites for hydroxylation is 3. The lowest BCUT2D eigenvalue weighted by Gasteiger charge is -2.33. The van der Waals surface area contributed by atoms with E-state index in [4.69, 9.17) is 5.11 Å². The Hall–Kier alpha value is -2.59. The first-order valence-electron chi connectivity index (χ1n) is 10.8. The quantitative estimate of drug-likeness (QED) is 0.527. The average Bonchev–Trinajstić information content (AvgIpc) is 3.08. The Bertz CT molecular complexity index is 1190. The van der Waals surface area contributed by atoms with Crippen molar-refractivity contribution in [2.45, 2.75) is 27.3 Å². The molecule has 3 aromatic rings. The van der Waals surface area contributed by atoms with Gasteiger partial charge in [-0.3, -0.25) is 19.4 Å². The number of carbonyl (C=O) groups excluding carboxylic acids is 1. The molecule has 32 heavy (non-hydrogen) atoms. The van der Waals surface area contributed by atoms with Crippen molar-refractivity contribution in [2.24, 2.45) is 0 Å². The monoisotopic (exact) mass is 455 g/mol. The van der Waals surface area contributed by atoms with Gasteiger partial charge in [-0.05, 0) is 38.0 Å². The molecule has 2 aromatic heterocycles. The standard InChI is InChI=1S/C23H29N5O3S/c1-14-4-5-17(15(2)12-14)24-22(31)20-16(3)19-21(30)25-18(26-23(19)32-20)13-28-8-6-27(7-9-28)10-11-29/h4-5,12,29H,6-11,13H2,1-3H3,(H,24,31)(H,25,26,30). The summed E-state index contributed by atoms with van der Waals surface area (Å²) in [7, 11) is 0. The number of aliphatic hydroxyl groups excluding tert-OH is 1. The van der Waals surface area contributed by atoms with Gasteiger partial charge in [0.2, 0.25) is 0 Å². The van der Waals surface area contributed by atoms with Gasteiger partial charge in [-0.2, -0.15) is 0 Å². The number of nitrogens with one attached hydrogen (secondary N) is 2. The number of benzene rings is 1. The van der Waals surface area contributed by atoms with Crippen LogP contribution in [0, 0.1) is 20.8 Å². The van der Waals surface area contributed by atoms with Crippen LogP contribution in [-0.4, -0.2) is 70.1 Å². The second kappa shape index (κ2) is 9.50. The summed E-state index contributed by atoms with van der Waals surface area (Å²) in [4.78, 5) is 38.9. The van der Waals surface area contributed by atoms with Crippen LogP contribution >= 0.6 is 11.3 Å². The molecule has 0 unspecified atom stereocenters. The molecular weight excluding hydrogens is 426 g/mol. The molecule has 1 saturated heterocycles. The van der Waals surface area contributed by atoms with Crippen LogP contribution in [0.2, 0.25) is 0 Å². The molecule has 1 aliphatic heterocycles. The molecule has 0 aliphatic carbocycles. The van der Waals surface area contributed by atoms with Crippen LogP contribution in [-0.2, 0) is 6.54 Å². The van der Waals surface area contributed by atoms with Crippen molar-refractivity contribution >= 4 is 33.1 Å². The number of H-pyrrole nitrogens is 1. The molecule has 0 atom stereocenters. The van der Waals surface area contributed by atoms with Gasteiger partial charge in [0, 0.05) is 38.4 Å². The second-order valence-electron chi connectivity index (χ2n) is 8.36. The zero-order valence-corrected chi connectivity index (χ0v) is 19.5. The van der Waals surface area contributed by atoms with Crippen molar-refractivity contribution in [3.05, 3.63) is 55.9 Å². The van der Waals surface area contributed by atoms with Gasteiger partial charge >= 0.3 is 0 Å². The summed E-state index contributed by atoms with van der Waals surface area (Å²) in [6, 6.07) is 5.88. The maximum absolute atomic E-state index is 13.0. The van der Waals surface area contributed by atoms with Crippen molar-refractivity contribution in [3.8, 4) is 0 Å². The van der Waals surface area contributed by atoms with Gasteiger partial charge in [0.1, 0.15) is 10.7 Å². The first kappa shape index (κ1) is 22.6. The van der Waals surface area contributed by atoms with E-state index < -0.39 is 0 Å². The molecule has 0 radical (unpaired) electrons. The fourth-order valence-corrected chi connectivity index (χ4v) is 5.23. The Labute approximate surface area is 190 Å². The molecule has 4 rings (SSSR count). The third-order valence-corrected chi connectivity index (χ3v) is 7.12. The molecule has 1 aliphatic rings. The normalized spacial score (nSPS) is 15.4. The maximum Gasteiger partial charge on any atom is 0.266 e. The second-order valence-corrected chi connectivity index (χ2v) is 9.36. The predicted molar refractivity (Wildman–Crippen MR) is 128 cm³/mol. The number of rotatable bonds is 6. The summed E-state index contributed by atoms with van der Waals surface area (Å²) in [5.41, 5.74) is 3.35. The lowest BCUT2D eigenvalue weighted by molar-refractivity contribution is 0.103. The molecule has 8 nitrogen and oxygen atoms in total. The maximum atomic E-state index is 13.0. The zero-order chi connectivity index (χ0) is 22.8. The summed E-state index contributed by atoms with van der Waals surface area (Å²) in [6.07, 6.45) is 0. The number of anilines is 1. The van der Waals surface area contributed by atoms with E-state index in [0.717, 1.165) is 43.0 Å². The van der Waals surface area contributed by atoms with Crippen molar-refractivity contribution in [3.63, 3.8) is 0 Å². The van der Waals surface area contributed by atoms with Crippen LogP contribution in [0.15, 0.2) is 23.0 Å². The minimum Gasteiger partial charge on any atom is -0.395 e. The summed E-state index contributed by atoms with van der Waals surface area (Å²) in [6.45, 7) is 10.7. The molecule has 0 bridgehead atoms. The number of aromatic nitrogens is 2. The Morgan fingerprint density at radius 2 is 1.91 bits per heavy atom. The molecule has 0 spiro atoms. The zero-order valence-electron chi connectivity index (χ0n) is 18.7. The molecule has 0 saturated carbocycles. The van der Waals surface area contributed by atoms with Crippen LogP contribution in [0.1, 0.15) is 32.2 Å². The van der Waals surface area contributed by atoms with Gasteiger partial charge in [0.25, 0.3) is 11.5 Å². The van der Waals surface area contributed by atoms with Gasteiger partial charge in [-0.25, -0.2) is 4.98 Å². The topological polar surface area (TPSA) is 102 Å². The highest BCUT2D eigenvalue weighted by molar-refractivity contribution is 7.20. The van der Waals surface area contributed by atoms with Crippen LogP contribution in [0.3, 0.4) is 0 Å². The number of β-amino-alcohol motifs (C(OH)–C–C–N with tert-alkyl or cyclic N) is 1. The number of aromatic amines is 1. The van der Waals surface area contributed by atoms with Crippen LogP contribution < -0.4 is 10.9 Å². The van der Waals surface area contributed by atoms with E-state index in [2.05, 4.69) is 25.1 Å². The highest BCUT2D eigenvalue weighted by atomic mass is 32.1. The highest BCUT2D eigenvalue weighted by Crippen LogP contribution is 2.28. The first-order valence-corrected chi connectivity index (χ1v) is 11.6. The van der Waals surface area contributed by atoms with Gasteiger partial charge < -0.3 is 15.4 Å². The number of fused-ring (bicyclic) bond motifs is 1. The summed E-state index contributed by atoms with van der Waals surface area (Å²) in [5.74, 6) is 0.388. The van der Waals surface area contributed by atoms with Gasteiger partial charge in [0.05, 0.1) is 23.4 Å². The Morgan fingerprint density at radius 1 is 1.19 bits per heavy atom. The average molecular weight is 456 g/mol. The summed E-state index contributed by atoms with van der Waals surface area (Å²) < 4.78 is 0. The van der Waals surface area contributed by atoms with E-state index in [1.807, 2.05) is 32.0 Å². The molecule has 1 aromatic carbocycles.